The van der Waals surface area contributed by atoms with E-state index in [0.29, 0.717) is 19.3 Å². The minimum absolute atomic E-state index is 0.522. The van der Waals surface area contributed by atoms with Gasteiger partial charge in [-0.15, -0.1) is 0 Å². The van der Waals surface area contributed by atoms with E-state index in [0.717, 1.165) is 13.1 Å². The highest BCUT2D eigenvalue weighted by molar-refractivity contribution is 8.08. The molecular formula is C9H21N2O2PS. The lowest BCUT2D eigenvalue weighted by Gasteiger charge is -2.23. The Morgan fingerprint density at radius 1 is 1.40 bits per heavy atom. The van der Waals surface area contributed by atoms with Crippen LogP contribution in [0.25, 0.3) is 0 Å². The van der Waals surface area contributed by atoms with Crippen LogP contribution in [0.15, 0.2) is 0 Å². The van der Waals surface area contributed by atoms with Gasteiger partial charge in [-0.25, -0.2) is 5.09 Å². The summed E-state index contributed by atoms with van der Waals surface area (Å²) in [6, 6.07) is 0.522. The average Bonchev–Trinajstić information content (AvgIpc) is 2.68. The number of rotatable bonds is 7. The molecule has 1 aliphatic rings. The summed E-state index contributed by atoms with van der Waals surface area (Å²) in [6.45, 7) is 4.80. The monoisotopic (exact) mass is 252 g/mol. The normalized spacial score (nSPS) is 22.1. The van der Waals surface area contributed by atoms with E-state index >= 15 is 0 Å². The number of hydrogen-bond donors (Lipinski definition) is 2. The summed E-state index contributed by atoms with van der Waals surface area (Å²) in [5.41, 5.74) is 0. The third-order valence-corrected chi connectivity index (χ3v) is 5.08. The Morgan fingerprint density at radius 3 is 2.53 bits per heavy atom. The highest BCUT2D eigenvalue weighted by Crippen LogP contribution is 2.43. The van der Waals surface area contributed by atoms with Gasteiger partial charge in [0.05, 0.1) is 13.2 Å². The first kappa shape index (κ1) is 13.6. The molecule has 0 saturated carbocycles. The Morgan fingerprint density at radius 2 is 2.07 bits per heavy atom. The second kappa shape index (κ2) is 6.94. The molecule has 1 atom stereocenters. The van der Waals surface area contributed by atoms with Crippen molar-refractivity contribution in [3.63, 3.8) is 0 Å². The topological polar surface area (TPSA) is 42.5 Å². The first-order chi connectivity index (χ1) is 7.20. The molecule has 15 heavy (non-hydrogen) atoms. The molecule has 0 bridgehead atoms. The van der Waals surface area contributed by atoms with Crippen molar-refractivity contribution in [2.75, 3.05) is 26.3 Å². The zero-order chi connectivity index (χ0) is 11.1. The van der Waals surface area contributed by atoms with Gasteiger partial charge in [-0.1, -0.05) is 0 Å². The Bertz CT molecular complexity index is 212. The van der Waals surface area contributed by atoms with Crippen molar-refractivity contribution in [1.82, 2.24) is 10.4 Å². The van der Waals surface area contributed by atoms with Crippen LogP contribution >= 0.6 is 6.64 Å². The molecule has 0 unspecified atom stereocenters. The van der Waals surface area contributed by atoms with Gasteiger partial charge in [-0.2, -0.15) is 0 Å². The molecule has 1 rings (SSSR count). The van der Waals surface area contributed by atoms with Crippen LogP contribution in [0.4, 0.5) is 0 Å². The van der Waals surface area contributed by atoms with Gasteiger partial charge in [0, 0.05) is 12.6 Å². The zero-order valence-electron chi connectivity index (χ0n) is 9.49. The van der Waals surface area contributed by atoms with E-state index in [2.05, 4.69) is 10.4 Å². The van der Waals surface area contributed by atoms with E-state index in [1.54, 1.807) is 0 Å². The quantitative estimate of drug-likeness (QED) is 0.674. The third-order valence-electron chi connectivity index (χ3n) is 2.29. The van der Waals surface area contributed by atoms with Gasteiger partial charge in [-0.3, -0.25) is 0 Å². The first-order valence-corrected chi connectivity index (χ1v) is 8.21. The molecule has 2 N–H and O–H groups in total. The molecule has 6 heteroatoms. The lowest BCUT2D eigenvalue weighted by Crippen LogP contribution is -2.33. The SMILES string of the molecule is CCOP(=S)(NC[C@@H]1CCCN1)OCC. The molecule has 0 aromatic heterocycles. The molecular weight excluding hydrogens is 231 g/mol. The summed E-state index contributed by atoms with van der Waals surface area (Å²) < 4.78 is 11.0. The van der Waals surface area contributed by atoms with Crippen LogP contribution in [0, 0.1) is 0 Å². The van der Waals surface area contributed by atoms with E-state index < -0.39 is 6.64 Å². The Labute approximate surface area is 97.3 Å². The van der Waals surface area contributed by atoms with Crippen LogP contribution in [0.5, 0.6) is 0 Å². The lowest BCUT2D eigenvalue weighted by molar-refractivity contribution is 0.257. The van der Waals surface area contributed by atoms with Gasteiger partial charge in [0.15, 0.2) is 0 Å². The van der Waals surface area contributed by atoms with E-state index in [9.17, 15) is 0 Å². The minimum Gasteiger partial charge on any atom is -0.318 e. The molecule has 0 aliphatic carbocycles. The molecule has 1 fully saturated rings. The van der Waals surface area contributed by atoms with Crippen LogP contribution in [0.1, 0.15) is 26.7 Å². The predicted octanol–water partition coefficient (Wildman–Crippen LogP) is 1.63. The van der Waals surface area contributed by atoms with Crippen LogP contribution in [-0.4, -0.2) is 32.3 Å². The van der Waals surface area contributed by atoms with Crippen molar-refractivity contribution in [3.8, 4) is 0 Å². The van der Waals surface area contributed by atoms with E-state index in [1.807, 2.05) is 13.8 Å². The molecule has 0 radical (unpaired) electrons. The molecule has 0 spiro atoms. The van der Waals surface area contributed by atoms with Crippen molar-refractivity contribution >= 4 is 18.4 Å². The van der Waals surface area contributed by atoms with Crippen molar-refractivity contribution < 1.29 is 9.05 Å². The maximum atomic E-state index is 5.49. The average molecular weight is 252 g/mol. The van der Waals surface area contributed by atoms with Crippen LogP contribution in [0.3, 0.4) is 0 Å². The van der Waals surface area contributed by atoms with Gasteiger partial charge in [0.1, 0.15) is 0 Å². The first-order valence-electron chi connectivity index (χ1n) is 5.58. The summed E-state index contributed by atoms with van der Waals surface area (Å²) in [7, 11) is 0. The molecule has 1 aliphatic heterocycles. The molecule has 0 amide bonds. The van der Waals surface area contributed by atoms with Crippen LogP contribution in [-0.2, 0) is 20.9 Å². The summed E-state index contributed by atoms with van der Waals surface area (Å²) in [6.07, 6.45) is 2.46. The smallest absolute Gasteiger partial charge is 0.261 e. The molecule has 90 valence electrons. The van der Waals surface area contributed by atoms with Gasteiger partial charge < -0.3 is 14.4 Å². The van der Waals surface area contributed by atoms with Crippen molar-refractivity contribution in [3.05, 3.63) is 0 Å². The number of nitrogens with one attached hydrogen (secondary N) is 2. The summed E-state index contributed by atoms with van der Waals surface area (Å²) in [5.74, 6) is 0. The maximum Gasteiger partial charge on any atom is 0.261 e. The maximum absolute atomic E-state index is 5.49. The fourth-order valence-electron chi connectivity index (χ4n) is 1.62. The number of hydrogen-bond acceptors (Lipinski definition) is 4. The second-order valence-corrected chi connectivity index (χ2v) is 6.76. The summed E-state index contributed by atoms with van der Waals surface area (Å²) in [5, 5.41) is 6.67. The molecule has 4 nitrogen and oxygen atoms in total. The summed E-state index contributed by atoms with van der Waals surface area (Å²) in [4.78, 5) is 0. The van der Waals surface area contributed by atoms with Gasteiger partial charge in [0.2, 0.25) is 0 Å². The lowest BCUT2D eigenvalue weighted by atomic mass is 10.2. The molecule has 1 saturated heterocycles. The molecule has 0 aromatic carbocycles. The standard InChI is InChI=1S/C9H21N2O2PS/c1-3-12-14(15,13-4-2)11-8-9-6-5-7-10-9/h9-10H,3-8H2,1-2H3,(H,11,15)/t9-/m0/s1. The zero-order valence-corrected chi connectivity index (χ0v) is 11.2. The Balaban J connectivity index is 2.32. The van der Waals surface area contributed by atoms with E-state index in [-0.39, 0.29) is 0 Å². The largest absolute Gasteiger partial charge is 0.318 e. The fraction of sp³-hybridized carbons (Fsp3) is 1.00. The van der Waals surface area contributed by atoms with E-state index in [4.69, 9.17) is 20.9 Å². The Kier molecular flexibility index (Phi) is 6.27. The van der Waals surface area contributed by atoms with Gasteiger partial charge in [-0.05, 0) is 45.0 Å². The van der Waals surface area contributed by atoms with Gasteiger partial charge >= 0.3 is 0 Å². The van der Waals surface area contributed by atoms with Crippen molar-refractivity contribution in [2.24, 2.45) is 0 Å². The van der Waals surface area contributed by atoms with Gasteiger partial charge in [0.25, 0.3) is 6.64 Å². The summed E-state index contributed by atoms with van der Waals surface area (Å²) >= 11 is 5.36. The highest BCUT2D eigenvalue weighted by Gasteiger charge is 2.21. The molecule has 1 heterocycles. The predicted molar refractivity (Wildman–Crippen MR) is 66.6 cm³/mol. The Hall–Kier alpha value is 0.490. The highest BCUT2D eigenvalue weighted by atomic mass is 32.5. The van der Waals surface area contributed by atoms with Crippen molar-refractivity contribution in [1.29, 1.82) is 0 Å². The third kappa shape index (κ3) is 4.89. The minimum atomic E-state index is -2.23. The second-order valence-electron chi connectivity index (χ2n) is 3.49. The van der Waals surface area contributed by atoms with E-state index in [1.165, 1.54) is 12.8 Å². The van der Waals surface area contributed by atoms with Crippen LogP contribution in [0.2, 0.25) is 0 Å². The van der Waals surface area contributed by atoms with Crippen LogP contribution < -0.4 is 10.4 Å². The fourth-order valence-corrected chi connectivity index (χ4v) is 3.86. The molecule has 0 aromatic rings. The van der Waals surface area contributed by atoms with Crippen molar-refractivity contribution in [2.45, 2.75) is 32.7 Å².